The maximum Gasteiger partial charge on any atom is 0.243 e. The van der Waals surface area contributed by atoms with E-state index in [1.54, 1.807) is 13.2 Å². The van der Waals surface area contributed by atoms with Gasteiger partial charge in [-0.2, -0.15) is 0 Å². The van der Waals surface area contributed by atoms with Gasteiger partial charge in [0.25, 0.3) is 0 Å². The summed E-state index contributed by atoms with van der Waals surface area (Å²) in [4.78, 5) is 24.0. The molecule has 0 aliphatic rings. The highest BCUT2D eigenvalue weighted by atomic mass is 16.5. The fourth-order valence-electron chi connectivity index (χ4n) is 2.53. The molecule has 2 amide bonds. The van der Waals surface area contributed by atoms with Gasteiger partial charge in [-0.1, -0.05) is 31.2 Å². The van der Waals surface area contributed by atoms with E-state index in [4.69, 9.17) is 4.74 Å². The maximum atomic E-state index is 12.1. The third-order valence-electron chi connectivity index (χ3n) is 3.91. The fourth-order valence-corrected chi connectivity index (χ4v) is 2.53. The van der Waals surface area contributed by atoms with E-state index in [-0.39, 0.29) is 24.9 Å². The first kappa shape index (κ1) is 19.3. The zero-order valence-corrected chi connectivity index (χ0v) is 15.4. The molecule has 0 atom stereocenters. The van der Waals surface area contributed by atoms with Gasteiger partial charge in [0, 0.05) is 5.69 Å². The lowest BCUT2D eigenvalue weighted by atomic mass is 10.1. The van der Waals surface area contributed by atoms with Gasteiger partial charge in [0.1, 0.15) is 5.75 Å². The van der Waals surface area contributed by atoms with Crippen molar-refractivity contribution in [2.24, 2.45) is 0 Å². The Morgan fingerprint density at radius 2 is 1.77 bits per heavy atom. The number of benzene rings is 2. The maximum absolute atomic E-state index is 12.1. The number of aryl methyl sites for hydroxylation is 2. The highest BCUT2D eigenvalue weighted by molar-refractivity contribution is 5.96. The van der Waals surface area contributed by atoms with Crippen molar-refractivity contribution >= 4 is 23.2 Å². The summed E-state index contributed by atoms with van der Waals surface area (Å²) in [6.07, 6.45) is 0.880. The van der Waals surface area contributed by atoms with Crippen molar-refractivity contribution in [1.82, 2.24) is 5.32 Å². The van der Waals surface area contributed by atoms with Gasteiger partial charge in [0.2, 0.25) is 11.8 Å². The quantitative estimate of drug-likeness (QED) is 0.680. The normalized spacial score (nSPS) is 10.1. The van der Waals surface area contributed by atoms with Gasteiger partial charge in [-0.25, -0.2) is 0 Å². The number of amides is 2. The lowest BCUT2D eigenvalue weighted by Crippen LogP contribution is -2.36. The molecule has 0 bridgehead atoms. The van der Waals surface area contributed by atoms with Crippen molar-refractivity contribution in [3.05, 3.63) is 53.6 Å². The standard InChI is InChI=1S/C20H25N3O3/c1-4-15-7-5-6-8-16(15)21-12-19(24)22-13-20(25)23-17-11-14(2)9-10-18(17)26-3/h5-11,21H,4,12-13H2,1-3H3,(H,22,24)(H,23,25). The van der Waals surface area contributed by atoms with Gasteiger partial charge in [0.15, 0.2) is 0 Å². The van der Waals surface area contributed by atoms with E-state index >= 15 is 0 Å². The van der Waals surface area contributed by atoms with Gasteiger partial charge in [0.05, 0.1) is 25.9 Å². The van der Waals surface area contributed by atoms with Gasteiger partial charge in [-0.3, -0.25) is 9.59 Å². The molecule has 26 heavy (non-hydrogen) atoms. The van der Waals surface area contributed by atoms with Crippen LogP contribution in [0.3, 0.4) is 0 Å². The SMILES string of the molecule is CCc1ccccc1NCC(=O)NCC(=O)Nc1cc(C)ccc1OC. The molecular formula is C20H25N3O3. The molecule has 0 spiro atoms. The highest BCUT2D eigenvalue weighted by Gasteiger charge is 2.10. The van der Waals surface area contributed by atoms with Crippen molar-refractivity contribution in [2.45, 2.75) is 20.3 Å². The van der Waals surface area contributed by atoms with Crippen LogP contribution in [0.1, 0.15) is 18.1 Å². The average molecular weight is 355 g/mol. The third-order valence-corrected chi connectivity index (χ3v) is 3.91. The minimum absolute atomic E-state index is 0.104. The first-order valence-corrected chi connectivity index (χ1v) is 8.56. The van der Waals surface area contributed by atoms with Gasteiger partial charge < -0.3 is 20.7 Å². The van der Waals surface area contributed by atoms with Crippen LogP contribution in [0.5, 0.6) is 5.75 Å². The molecule has 0 fully saturated rings. The Morgan fingerprint density at radius 1 is 1.00 bits per heavy atom. The first-order valence-electron chi connectivity index (χ1n) is 8.56. The van der Waals surface area contributed by atoms with Crippen LogP contribution >= 0.6 is 0 Å². The van der Waals surface area contributed by atoms with Gasteiger partial charge >= 0.3 is 0 Å². The van der Waals surface area contributed by atoms with Crippen molar-refractivity contribution in [3.8, 4) is 5.75 Å². The second-order valence-corrected chi connectivity index (χ2v) is 5.89. The zero-order valence-electron chi connectivity index (χ0n) is 15.4. The van der Waals surface area contributed by atoms with Gasteiger partial charge in [-0.15, -0.1) is 0 Å². The molecule has 6 heteroatoms. The Balaban J connectivity index is 1.82. The van der Waals surface area contributed by atoms with Crippen LogP contribution in [0, 0.1) is 6.92 Å². The smallest absolute Gasteiger partial charge is 0.243 e. The molecule has 2 aromatic rings. The number of methoxy groups -OCH3 is 1. The highest BCUT2D eigenvalue weighted by Crippen LogP contribution is 2.24. The molecule has 2 aromatic carbocycles. The van der Waals surface area contributed by atoms with Crippen LogP contribution in [0.25, 0.3) is 0 Å². The lowest BCUT2D eigenvalue weighted by molar-refractivity contribution is -0.122. The molecule has 0 saturated heterocycles. The summed E-state index contributed by atoms with van der Waals surface area (Å²) in [5, 5.41) is 8.46. The largest absolute Gasteiger partial charge is 0.495 e. The molecule has 0 radical (unpaired) electrons. The van der Waals surface area contributed by atoms with E-state index in [9.17, 15) is 9.59 Å². The van der Waals surface area contributed by atoms with E-state index in [1.165, 1.54) is 0 Å². The van der Waals surface area contributed by atoms with Crippen molar-refractivity contribution in [2.75, 3.05) is 30.8 Å². The van der Waals surface area contributed by atoms with Crippen LogP contribution in [-0.2, 0) is 16.0 Å². The monoisotopic (exact) mass is 355 g/mol. The number of carbonyl (C=O) groups excluding carboxylic acids is 2. The van der Waals surface area contributed by atoms with Crippen LogP contribution in [0.2, 0.25) is 0 Å². The minimum Gasteiger partial charge on any atom is -0.495 e. The molecule has 0 aromatic heterocycles. The number of anilines is 2. The van der Waals surface area contributed by atoms with Crippen molar-refractivity contribution in [1.29, 1.82) is 0 Å². The average Bonchev–Trinajstić information content (AvgIpc) is 2.65. The van der Waals surface area contributed by atoms with Crippen LogP contribution in [-0.4, -0.2) is 32.0 Å². The van der Waals surface area contributed by atoms with E-state index in [1.807, 2.05) is 43.3 Å². The summed E-state index contributed by atoms with van der Waals surface area (Å²) in [6.45, 7) is 3.99. The summed E-state index contributed by atoms with van der Waals surface area (Å²) in [5.41, 5.74) is 3.66. The molecule has 138 valence electrons. The summed E-state index contributed by atoms with van der Waals surface area (Å²) in [6, 6.07) is 13.3. The predicted octanol–water partition coefficient (Wildman–Crippen LogP) is 2.73. The summed E-state index contributed by atoms with van der Waals surface area (Å²) < 4.78 is 5.22. The zero-order chi connectivity index (χ0) is 18.9. The number of hydrogen-bond donors (Lipinski definition) is 3. The number of ether oxygens (including phenoxy) is 1. The fraction of sp³-hybridized carbons (Fsp3) is 0.300. The molecule has 0 aliphatic carbocycles. The van der Waals surface area contributed by atoms with E-state index in [0.717, 1.165) is 23.2 Å². The molecule has 0 aliphatic heterocycles. The number of nitrogens with one attached hydrogen (secondary N) is 3. The predicted molar refractivity (Wildman–Crippen MR) is 104 cm³/mol. The molecule has 0 heterocycles. The second kappa shape index (κ2) is 9.46. The van der Waals surface area contributed by atoms with Crippen molar-refractivity contribution in [3.63, 3.8) is 0 Å². The Morgan fingerprint density at radius 3 is 2.50 bits per heavy atom. The van der Waals surface area contributed by atoms with Gasteiger partial charge in [-0.05, 0) is 42.7 Å². The van der Waals surface area contributed by atoms with E-state index in [2.05, 4.69) is 22.9 Å². The number of para-hydroxylation sites is 1. The van der Waals surface area contributed by atoms with E-state index in [0.29, 0.717) is 11.4 Å². The first-order chi connectivity index (χ1) is 12.5. The molecular weight excluding hydrogens is 330 g/mol. The summed E-state index contributed by atoms with van der Waals surface area (Å²) in [5.74, 6) is 0.0200. The Hall–Kier alpha value is -3.02. The van der Waals surface area contributed by atoms with E-state index < -0.39 is 0 Å². The second-order valence-electron chi connectivity index (χ2n) is 5.89. The lowest BCUT2D eigenvalue weighted by Gasteiger charge is -2.12. The van der Waals surface area contributed by atoms with Crippen LogP contribution < -0.4 is 20.7 Å². The third kappa shape index (κ3) is 5.51. The topological polar surface area (TPSA) is 79.5 Å². The molecule has 2 rings (SSSR count). The van der Waals surface area contributed by atoms with Crippen LogP contribution in [0.4, 0.5) is 11.4 Å². The Bertz CT molecular complexity index is 775. The number of carbonyl (C=O) groups is 2. The molecule has 3 N–H and O–H groups in total. The summed E-state index contributed by atoms with van der Waals surface area (Å²) >= 11 is 0. The molecule has 6 nitrogen and oxygen atoms in total. The Labute approximate surface area is 153 Å². The molecule has 0 unspecified atom stereocenters. The van der Waals surface area contributed by atoms with Crippen LogP contribution in [0.15, 0.2) is 42.5 Å². The van der Waals surface area contributed by atoms with Crippen molar-refractivity contribution < 1.29 is 14.3 Å². The number of rotatable bonds is 8. The summed E-state index contributed by atoms with van der Waals surface area (Å²) in [7, 11) is 1.54. The molecule has 0 saturated carbocycles. The Kier molecular flexibility index (Phi) is 7.02. The minimum atomic E-state index is -0.309. The number of hydrogen-bond acceptors (Lipinski definition) is 4.